The topological polar surface area (TPSA) is 30.5 Å². The molecule has 0 aliphatic carbocycles. The third kappa shape index (κ3) is 4.69. The van der Waals surface area contributed by atoms with E-state index < -0.39 is 0 Å². The van der Waals surface area contributed by atoms with Crippen LogP contribution in [0.15, 0.2) is 29.3 Å². The molecule has 1 aromatic carbocycles. The van der Waals surface area contributed by atoms with Gasteiger partial charge < -0.3 is 14.8 Å². The summed E-state index contributed by atoms with van der Waals surface area (Å²) >= 11 is 3.32. The molecule has 1 aromatic rings. The normalized spacial score (nSPS) is 9.82. The zero-order valence-electron chi connectivity index (χ0n) is 10.3. The van der Waals surface area contributed by atoms with Gasteiger partial charge in [0.1, 0.15) is 11.5 Å². The average Bonchev–Trinajstić information content (AvgIpc) is 2.29. The van der Waals surface area contributed by atoms with Gasteiger partial charge in [-0.3, -0.25) is 0 Å². The van der Waals surface area contributed by atoms with Crippen LogP contribution in [0.2, 0.25) is 0 Å². The smallest absolute Gasteiger partial charge is 0.142 e. The highest BCUT2D eigenvalue weighted by atomic mass is 79.9. The minimum atomic E-state index is 0.637. The zero-order chi connectivity index (χ0) is 12.7. The second-order valence-corrected chi connectivity index (χ2v) is 4.52. The van der Waals surface area contributed by atoms with Gasteiger partial charge in [-0.1, -0.05) is 22.5 Å². The molecular formula is C13H18BrNO2. The molecule has 0 radical (unpaired) electrons. The van der Waals surface area contributed by atoms with Gasteiger partial charge in [-0.15, -0.1) is 0 Å². The monoisotopic (exact) mass is 299 g/mol. The highest BCUT2D eigenvalue weighted by Gasteiger charge is 2.05. The van der Waals surface area contributed by atoms with E-state index in [1.807, 2.05) is 32.0 Å². The fraction of sp³-hybridized carbons (Fsp3) is 0.385. The highest BCUT2D eigenvalue weighted by molar-refractivity contribution is 9.11. The molecule has 0 fully saturated rings. The van der Waals surface area contributed by atoms with Crippen molar-refractivity contribution in [3.05, 3.63) is 29.3 Å². The Hall–Kier alpha value is -1.16. The maximum atomic E-state index is 5.54. The van der Waals surface area contributed by atoms with Crippen LogP contribution >= 0.6 is 15.9 Å². The standard InChI is InChI=1S/C13H18BrNO2/c1-4-16-11-6-7-13(17-5-2)12(8-11)15-9-10(3)14/h6-8,15H,3-5,9H2,1-2H3. The number of rotatable bonds is 7. The van der Waals surface area contributed by atoms with Crippen molar-refractivity contribution in [2.75, 3.05) is 25.1 Å². The fourth-order valence-electron chi connectivity index (χ4n) is 1.38. The first-order valence-electron chi connectivity index (χ1n) is 5.64. The number of nitrogens with one attached hydrogen (secondary N) is 1. The van der Waals surface area contributed by atoms with Crippen molar-refractivity contribution < 1.29 is 9.47 Å². The molecule has 0 saturated carbocycles. The molecule has 0 atom stereocenters. The Morgan fingerprint density at radius 2 is 2.00 bits per heavy atom. The number of ether oxygens (including phenoxy) is 2. The van der Waals surface area contributed by atoms with Gasteiger partial charge in [-0.2, -0.15) is 0 Å². The third-order valence-corrected chi connectivity index (χ3v) is 2.31. The average molecular weight is 300 g/mol. The van der Waals surface area contributed by atoms with Crippen molar-refractivity contribution in [2.45, 2.75) is 13.8 Å². The minimum Gasteiger partial charge on any atom is -0.494 e. The molecule has 0 bridgehead atoms. The first-order chi connectivity index (χ1) is 8.17. The van der Waals surface area contributed by atoms with Crippen LogP contribution in [0.5, 0.6) is 11.5 Å². The summed E-state index contributed by atoms with van der Waals surface area (Å²) in [4.78, 5) is 0. The van der Waals surface area contributed by atoms with Crippen molar-refractivity contribution >= 4 is 21.6 Å². The second-order valence-electron chi connectivity index (χ2n) is 3.39. The summed E-state index contributed by atoms with van der Waals surface area (Å²) in [6.07, 6.45) is 0. The van der Waals surface area contributed by atoms with Crippen molar-refractivity contribution in [1.29, 1.82) is 0 Å². The summed E-state index contributed by atoms with van der Waals surface area (Å²) in [5.74, 6) is 1.66. The molecule has 0 aromatic heterocycles. The van der Waals surface area contributed by atoms with Crippen LogP contribution in [0.4, 0.5) is 5.69 Å². The van der Waals surface area contributed by atoms with E-state index in [1.165, 1.54) is 0 Å². The minimum absolute atomic E-state index is 0.637. The van der Waals surface area contributed by atoms with E-state index in [9.17, 15) is 0 Å². The summed E-state index contributed by atoms with van der Waals surface area (Å²) in [6.45, 7) is 9.65. The predicted molar refractivity (Wildman–Crippen MR) is 75.3 cm³/mol. The molecule has 1 N–H and O–H groups in total. The molecule has 0 spiro atoms. The van der Waals surface area contributed by atoms with E-state index >= 15 is 0 Å². The summed E-state index contributed by atoms with van der Waals surface area (Å²) in [6, 6.07) is 5.75. The maximum absolute atomic E-state index is 5.54. The highest BCUT2D eigenvalue weighted by Crippen LogP contribution is 2.29. The number of benzene rings is 1. The molecule has 0 aliphatic rings. The molecular weight excluding hydrogens is 282 g/mol. The van der Waals surface area contributed by atoms with Gasteiger partial charge in [0.05, 0.1) is 18.9 Å². The molecule has 1 rings (SSSR count). The van der Waals surface area contributed by atoms with Crippen LogP contribution in [0.1, 0.15) is 13.8 Å². The Bertz CT molecular complexity index is 380. The van der Waals surface area contributed by atoms with E-state index in [1.54, 1.807) is 0 Å². The van der Waals surface area contributed by atoms with Gasteiger partial charge in [0, 0.05) is 17.1 Å². The molecule has 4 heteroatoms. The van der Waals surface area contributed by atoms with E-state index in [4.69, 9.17) is 9.47 Å². The van der Waals surface area contributed by atoms with Gasteiger partial charge in [0.2, 0.25) is 0 Å². The Morgan fingerprint density at radius 3 is 2.59 bits per heavy atom. The Morgan fingerprint density at radius 1 is 1.29 bits per heavy atom. The summed E-state index contributed by atoms with van der Waals surface area (Å²) in [5.41, 5.74) is 0.915. The first kappa shape index (κ1) is 13.9. The lowest BCUT2D eigenvalue weighted by Gasteiger charge is -2.13. The van der Waals surface area contributed by atoms with Gasteiger partial charge in [-0.25, -0.2) is 0 Å². The fourth-order valence-corrected chi connectivity index (χ4v) is 1.52. The number of hydrogen-bond acceptors (Lipinski definition) is 3. The molecule has 17 heavy (non-hydrogen) atoms. The molecule has 0 heterocycles. The molecule has 94 valence electrons. The number of halogens is 1. The van der Waals surface area contributed by atoms with E-state index in [2.05, 4.69) is 27.8 Å². The molecule has 0 saturated heterocycles. The van der Waals surface area contributed by atoms with Crippen LogP contribution < -0.4 is 14.8 Å². The molecule has 0 amide bonds. The van der Waals surface area contributed by atoms with Crippen LogP contribution in [-0.2, 0) is 0 Å². The van der Waals surface area contributed by atoms with Crippen molar-refractivity contribution in [1.82, 2.24) is 0 Å². The summed E-state index contributed by atoms with van der Waals surface area (Å²) in [5, 5.41) is 3.24. The largest absolute Gasteiger partial charge is 0.494 e. The lowest BCUT2D eigenvalue weighted by atomic mass is 10.2. The maximum Gasteiger partial charge on any atom is 0.142 e. The first-order valence-corrected chi connectivity index (χ1v) is 6.43. The number of anilines is 1. The predicted octanol–water partition coefficient (Wildman–Crippen LogP) is 3.80. The lowest BCUT2D eigenvalue weighted by Crippen LogP contribution is -2.04. The SMILES string of the molecule is C=C(Br)CNc1cc(OCC)ccc1OCC. The van der Waals surface area contributed by atoms with Crippen molar-refractivity contribution in [3.63, 3.8) is 0 Å². The lowest BCUT2D eigenvalue weighted by molar-refractivity contribution is 0.332. The quantitative estimate of drug-likeness (QED) is 0.830. The number of hydrogen-bond donors (Lipinski definition) is 1. The second kappa shape index (κ2) is 7.22. The van der Waals surface area contributed by atoms with Gasteiger partial charge in [0.15, 0.2) is 0 Å². The zero-order valence-corrected chi connectivity index (χ0v) is 11.8. The van der Waals surface area contributed by atoms with E-state index in [-0.39, 0.29) is 0 Å². The van der Waals surface area contributed by atoms with Gasteiger partial charge in [-0.05, 0) is 26.0 Å². The van der Waals surface area contributed by atoms with Gasteiger partial charge >= 0.3 is 0 Å². The summed E-state index contributed by atoms with van der Waals surface area (Å²) in [7, 11) is 0. The molecule has 3 nitrogen and oxygen atoms in total. The van der Waals surface area contributed by atoms with E-state index in [0.29, 0.717) is 19.8 Å². The van der Waals surface area contributed by atoms with Crippen molar-refractivity contribution in [3.8, 4) is 11.5 Å². The molecule has 0 aliphatic heterocycles. The van der Waals surface area contributed by atoms with Crippen LogP contribution in [-0.4, -0.2) is 19.8 Å². The molecule has 0 unspecified atom stereocenters. The Labute approximate surface area is 111 Å². The Balaban J connectivity index is 2.85. The van der Waals surface area contributed by atoms with E-state index in [0.717, 1.165) is 21.7 Å². The van der Waals surface area contributed by atoms with Crippen molar-refractivity contribution in [2.24, 2.45) is 0 Å². The Kier molecular flexibility index (Phi) is 5.91. The van der Waals surface area contributed by atoms with Crippen LogP contribution in [0.3, 0.4) is 0 Å². The summed E-state index contributed by atoms with van der Waals surface area (Å²) < 4.78 is 11.9. The van der Waals surface area contributed by atoms with Crippen LogP contribution in [0, 0.1) is 0 Å². The van der Waals surface area contributed by atoms with Crippen LogP contribution in [0.25, 0.3) is 0 Å². The van der Waals surface area contributed by atoms with Gasteiger partial charge in [0.25, 0.3) is 0 Å². The third-order valence-electron chi connectivity index (χ3n) is 2.03.